The Balaban J connectivity index is 1.66. The van der Waals surface area contributed by atoms with Crippen molar-refractivity contribution in [2.24, 2.45) is 0 Å². The van der Waals surface area contributed by atoms with E-state index in [9.17, 15) is 0 Å². The van der Waals surface area contributed by atoms with Crippen molar-refractivity contribution in [1.29, 1.82) is 0 Å². The number of anilines is 1. The molecule has 0 saturated carbocycles. The predicted molar refractivity (Wildman–Crippen MR) is 79.6 cm³/mol. The number of nitrogens with zero attached hydrogens (tertiary/aromatic N) is 1. The van der Waals surface area contributed by atoms with E-state index in [1.807, 2.05) is 11.6 Å². The molecule has 0 radical (unpaired) electrons. The van der Waals surface area contributed by atoms with Crippen LogP contribution in [0, 0.1) is 0 Å². The van der Waals surface area contributed by atoms with Gasteiger partial charge in [0.25, 0.3) is 0 Å². The molecule has 1 aromatic carbocycles. The van der Waals surface area contributed by atoms with E-state index in [1.165, 1.54) is 11.3 Å². The summed E-state index contributed by atoms with van der Waals surface area (Å²) in [6.45, 7) is 3.00. The van der Waals surface area contributed by atoms with E-state index in [0.29, 0.717) is 12.1 Å². The molecule has 2 unspecified atom stereocenters. The molecule has 1 aliphatic rings. The summed E-state index contributed by atoms with van der Waals surface area (Å²) in [5.74, 6) is 0. The van der Waals surface area contributed by atoms with Gasteiger partial charge in [0.1, 0.15) is 5.01 Å². The van der Waals surface area contributed by atoms with Gasteiger partial charge >= 0.3 is 0 Å². The lowest BCUT2D eigenvalue weighted by Crippen LogP contribution is -2.32. The van der Waals surface area contributed by atoms with Crippen molar-refractivity contribution in [3.8, 4) is 10.6 Å². The minimum absolute atomic E-state index is 0.362. The van der Waals surface area contributed by atoms with E-state index in [-0.39, 0.29) is 0 Å². The molecule has 4 heteroatoms. The van der Waals surface area contributed by atoms with Crippen molar-refractivity contribution in [2.75, 3.05) is 11.9 Å². The summed E-state index contributed by atoms with van der Waals surface area (Å²) >= 11 is 1.67. The molecule has 1 aliphatic heterocycles. The molecular weight excluding hydrogens is 256 g/mol. The molecule has 19 heavy (non-hydrogen) atoms. The monoisotopic (exact) mass is 274 g/mol. The van der Waals surface area contributed by atoms with E-state index in [0.717, 1.165) is 24.5 Å². The van der Waals surface area contributed by atoms with Gasteiger partial charge in [-0.05, 0) is 44.0 Å². The molecule has 2 aromatic rings. The molecule has 1 fully saturated rings. The zero-order valence-electron chi connectivity index (χ0n) is 11.0. The van der Waals surface area contributed by atoms with Crippen LogP contribution in [0.1, 0.15) is 19.8 Å². The summed E-state index contributed by atoms with van der Waals surface area (Å²) in [7, 11) is 0. The number of ether oxygens (including phenoxy) is 1. The number of rotatable bonds is 3. The van der Waals surface area contributed by atoms with Gasteiger partial charge in [-0.2, -0.15) is 0 Å². The third-order valence-electron chi connectivity index (χ3n) is 3.42. The molecule has 1 aromatic heterocycles. The first-order chi connectivity index (χ1) is 9.31. The molecule has 100 valence electrons. The molecule has 2 atom stereocenters. The third-order valence-corrected chi connectivity index (χ3v) is 4.24. The van der Waals surface area contributed by atoms with Crippen LogP contribution in [-0.4, -0.2) is 23.7 Å². The molecule has 1 saturated heterocycles. The van der Waals surface area contributed by atoms with Gasteiger partial charge in [0.05, 0.1) is 6.10 Å². The van der Waals surface area contributed by atoms with Crippen molar-refractivity contribution >= 4 is 17.0 Å². The van der Waals surface area contributed by atoms with Crippen LogP contribution in [0.5, 0.6) is 0 Å². The van der Waals surface area contributed by atoms with Crippen molar-refractivity contribution < 1.29 is 4.74 Å². The highest BCUT2D eigenvalue weighted by molar-refractivity contribution is 7.13. The van der Waals surface area contributed by atoms with Crippen LogP contribution >= 0.6 is 11.3 Å². The van der Waals surface area contributed by atoms with Crippen molar-refractivity contribution in [3.63, 3.8) is 0 Å². The van der Waals surface area contributed by atoms with Crippen molar-refractivity contribution in [1.82, 2.24) is 4.98 Å². The van der Waals surface area contributed by atoms with Crippen molar-refractivity contribution in [3.05, 3.63) is 35.8 Å². The zero-order valence-corrected chi connectivity index (χ0v) is 11.8. The number of hydrogen-bond acceptors (Lipinski definition) is 4. The van der Waals surface area contributed by atoms with Crippen LogP contribution in [-0.2, 0) is 4.74 Å². The van der Waals surface area contributed by atoms with E-state index < -0.39 is 0 Å². The second kappa shape index (κ2) is 5.72. The summed E-state index contributed by atoms with van der Waals surface area (Å²) in [6.07, 6.45) is 4.36. The van der Waals surface area contributed by atoms with Crippen LogP contribution < -0.4 is 5.32 Å². The maximum atomic E-state index is 5.57. The fourth-order valence-electron chi connectivity index (χ4n) is 2.44. The maximum Gasteiger partial charge on any atom is 0.123 e. The maximum absolute atomic E-state index is 5.57. The minimum Gasteiger partial charge on any atom is -0.382 e. The number of hydrogen-bond donors (Lipinski definition) is 1. The first-order valence-electron chi connectivity index (χ1n) is 6.69. The SMILES string of the molecule is CC1CC(Nc2ccc(-c3nccs3)cc2)CCO1. The topological polar surface area (TPSA) is 34.2 Å². The molecule has 3 rings (SSSR count). The average molecular weight is 274 g/mol. The molecule has 2 heterocycles. The van der Waals surface area contributed by atoms with Gasteiger partial charge in [-0.25, -0.2) is 4.98 Å². The van der Waals surface area contributed by atoms with Crippen LogP contribution in [0.4, 0.5) is 5.69 Å². The highest BCUT2D eigenvalue weighted by Gasteiger charge is 2.18. The summed E-state index contributed by atoms with van der Waals surface area (Å²) in [4.78, 5) is 4.32. The Kier molecular flexibility index (Phi) is 3.80. The van der Waals surface area contributed by atoms with E-state index >= 15 is 0 Å². The molecule has 0 bridgehead atoms. The first kappa shape index (κ1) is 12.6. The Morgan fingerprint density at radius 2 is 2.16 bits per heavy atom. The highest BCUT2D eigenvalue weighted by atomic mass is 32.1. The van der Waals surface area contributed by atoms with Crippen LogP contribution in [0.3, 0.4) is 0 Å². The van der Waals surface area contributed by atoms with Gasteiger partial charge in [0.2, 0.25) is 0 Å². The quantitative estimate of drug-likeness (QED) is 0.924. The lowest BCUT2D eigenvalue weighted by Gasteiger charge is -2.28. The van der Waals surface area contributed by atoms with Gasteiger partial charge < -0.3 is 10.1 Å². The zero-order chi connectivity index (χ0) is 13.1. The molecule has 0 spiro atoms. The lowest BCUT2D eigenvalue weighted by molar-refractivity contribution is 0.0232. The third kappa shape index (κ3) is 3.14. The van der Waals surface area contributed by atoms with Gasteiger partial charge in [0.15, 0.2) is 0 Å². The van der Waals surface area contributed by atoms with E-state index in [4.69, 9.17) is 4.74 Å². The van der Waals surface area contributed by atoms with Crippen LogP contribution in [0.25, 0.3) is 10.6 Å². The standard InChI is InChI=1S/C15H18N2OS/c1-11-10-14(6-8-18-11)17-13-4-2-12(3-5-13)15-16-7-9-19-15/h2-5,7,9,11,14,17H,6,8,10H2,1H3. The van der Waals surface area contributed by atoms with Gasteiger partial charge in [-0.3, -0.25) is 0 Å². The van der Waals surface area contributed by atoms with Crippen molar-refractivity contribution in [2.45, 2.75) is 31.9 Å². The predicted octanol–water partition coefficient (Wildman–Crippen LogP) is 3.79. The van der Waals surface area contributed by atoms with Crippen LogP contribution in [0.2, 0.25) is 0 Å². The summed E-state index contributed by atoms with van der Waals surface area (Å²) in [6, 6.07) is 9.05. The van der Waals surface area contributed by atoms with E-state index in [1.54, 1.807) is 11.3 Å². The Morgan fingerprint density at radius 3 is 2.84 bits per heavy atom. The molecule has 0 amide bonds. The number of benzene rings is 1. The number of aromatic nitrogens is 1. The second-order valence-electron chi connectivity index (χ2n) is 4.96. The first-order valence-corrected chi connectivity index (χ1v) is 7.57. The highest BCUT2D eigenvalue weighted by Crippen LogP contribution is 2.24. The second-order valence-corrected chi connectivity index (χ2v) is 5.86. The molecular formula is C15H18N2OS. The van der Waals surface area contributed by atoms with E-state index in [2.05, 4.69) is 41.5 Å². The average Bonchev–Trinajstić information content (AvgIpc) is 2.94. The Bertz CT molecular complexity index is 509. The van der Waals surface area contributed by atoms with Crippen LogP contribution in [0.15, 0.2) is 35.8 Å². The molecule has 1 N–H and O–H groups in total. The molecule has 0 aliphatic carbocycles. The summed E-state index contributed by atoms with van der Waals surface area (Å²) in [5.41, 5.74) is 2.36. The Labute approximate surface area is 117 Å². The molecule has 3 nitrogen and oxygen atoms in total. The van der Waals surface area contributed by atoms with Gasteiger partial charge in [-0.1, -0.05) is 0 Å². The summed E-state index contributed by atoms with van der Waals surface area (Å²) < 4.78 is 5.57. The number of thiazole rings is 1. The lowest BCUT2D eigenvalue weighted by atomic mass is 10.0. The fourth-order valence-corrected chi connectivity index (χ4v) is 3.08. The van der Waals surface area contributed by atoms with Gasteiger partial charge in [-0.15, -0.1) is 11.3 Å². The largest absolute Gasteiger partial charge is 0.382 e. The smallest absolute Gasteiger partial charge is 0.123 e. The number of nitrogens with one attached hydrogen (secondary N) is 1. The van der Waals surface area contributed by atoms with Gasteiger partial charge in [0, 0.05) is 35.5 Å². The Hall–Kier alpha value is -1.39. The minimum atomic E-state index is 0.362. The Morgan fingerprint density at radius 1 is 1.32 bits per heavy atom. The normalized spacial score (nSPS) is 23.2. The summed E-state index contributed by atoms with van der Waals surface area (Å²) in [5, 5.41) is 6.67. The fraction of sp³-hybridized carbons (Fsp3) is 0.400.